The van der Waals surface area contributed by atoms with Gasteiger partial charge in [0.2, 0.25) is 0 Å². The van der Waals surface area contributed by atoms with E-state index in [2.05, 4.69) is 152 Å². The van der Waals surface area contributed by atoms with E-state index >= 15 is 0 Å². The summed E-state index contributed by atoms with van der Waals surface area (Å²) in [5.74, 6) is 4.21. The highest BCUT2D eigenvalue weighted by Gasteiger charge is 2.52. The molecule has 0 aromatic heterocycles. The summed E-state index contributed by atoms with van der Waals surface area (Å²) in [6, 6.07) is 7.76. The molecule has 21 heteroatoms. The number of benzene rings is 1. The van der Waals surface area contributed by atoms with E-state index in [1.807, 2.05) is 52.0 Å². The highest BCUT2D eigenvalue weighted by molar-refractivity contribution is 6.49. The molecule has 74 heavy (non-hydrogen) atoms. The third-order valence-electron chi connectivity index (χ3n) is 11.7. The van der Waals surface area contributed by atoms with Crippen LogP contribution in [0, 0.1) is 5.41 Å². The van der Waals surface area contributed by atoms with Crippen LogP contribution in [0.1, 0.15) is 200 Å². The van der Waals surface area contributed by atoms with Crippen LogP contribution in [0.15, 0.2) is 24.3 Å². The quantitative estimate of drug-likeness (QED) is 0.180. The van der Waals surface area contributed by atoms with E-state index in [-0.39, 0.29) is 88.6 Å². The summed E-state index contributed by atoms with van der Waals surface area (Å²) < 4.78 is 66.5. The van der Waals surface area contributed by atoms with E-state index < -0.39 is 7.12 Å². The van der Waals surface area contributed by atoms with Crippen molar-refractivity contribution in [3.63, 3.8) is 0 Å². The molecule has 3 saturated heterocycles. The molecule has 5 rings (SSSR count). The standard InChI is InChI=1S/C10H21BO2.C9H11BO2.C9H19BO2.C9H21BO2.C8H17BO2.C5H13BO2.C3H9BO2/c1-8(2)11-12-9(3,4)7-10(5,6)13-11;1-7(2)10-11-8-5-3-4-6-9(8)12-10;1-7(2)10-11-8(3,4)9(5,6)12-10;1-7(2)10(11-8(3)4)12-9(5)6;1-7(2)9-10-5-8(3,4)6-11-9;1-5(2)6(7-3)8-4;1-3(2)4(5)6/h8H,7H2,1-6H3;3-7H,1-2H3;7H,1-6H3;7-9H,1-6H3;7H,5-6H2,1-4H3;5H,1-4H3;3,5-6H,1-2H3. The third-order valence-corrected chi connectivity index (χ3v) is 11.7. The molecular formula is C53H111B7O14. The van der Waals surface area contributed by atoms with Crippen molar-refractivity contribution in [1.82, 2.24) is 0 Å². The fraction of sp³-hybridized carbons (Fsp3) is 0.887. The Balaban J connectivity index is 0. The molecule has 4 aliphatic heterocycles. The zero-order valence-electron chi connectivity index (χ0n) is 53.0. The maximum absolute atomic E-state index is 8.19. The van der Waals surface area contributed by atoms with Gasteiger partial charge in [-0.25, -0.2) is 0 Å². The van der Waals surface area contributed by atoms with Crippen LogP contribution in [-0.4, -0.2) is 122 Å². The molecule has 0 spiro atoms. The molecule has 428 valence electrons. The SMILES string of the molecule is CC(C)B(O)O.CC(C)B1OC(C)(C)C(C)(C)O1.CC(C)B1OC(C)(C)CC(C)(C)O1.CC(C)B1OCC(C)(C)CO1.CC(C)B1Oc2ccccc2O1.CC(C)OB(OC(C)C)C(C)C.COB(OC)C(C)C. The van der Waals surface area contributed by atoms with Crippen molar-refractivity contribution in [2.45, 2.75) is 276 Å². The predicted molar refractivity (Wildman–Crippen MR) is 316 cm³/mol. The Morgan fingerprint density at radius 2 is 0.770 bits per heavy atom. The second-order valence-corrected chi connectivity index (χ2v) is 25.8. The topological polar surface area (TPSA) is 151 Å². The summed E-state index contributed by atoms with van der Waals surface area (Å²) in [7, 11) is 1.84. The fourth-order valence-corrected chi connectivity index (χ4v) is 7.00. The van der Waals surface area contributed by atoms with Crippen molar-refractivity contribution in [3.05, 3.63) is 24.3 Å². The van der Waals surface area contributed by atoms with Crippen LogP contribution in [0.5, 0.6) is 11.5 Å². The van der Waals surface area contributed by atoms with E-state index in [9.17, 15) is 0 Å². The zero-order chi connectivity index (χ0) is 58.3. The summed E-state index contributed by atoms with van der Waals surface area (Å²) in [6.07, 6.45) is 1.41. The van der Waals surface area contributed by atoms with Crippen LogP contribution in [-0.2, 0) is 46.5 Å². The van der Waals surface area contributed by atoms with Crippen molar-refractivity contribution >= 4 is 49.8 Å². The lowest BCUT2D eigenvalue weighted by Gasteiger charge is -2.45. The first kappa shape index (κ1) is 74.9. The largest absolute Gasteiger partial charge is 0.597 e. The number of rotatable bonds is 13. The van der Waals surface area contributed by atoms with Crippen LogP contribution in [0.25, 0.3) is 0 Å². The Morgan fingerprint density at radius 1 is 0.459 bits per heavy atom. The fourth-order valence-electron chi connectivity index (χ4n) is 7.00. The number of para-hydroxylation sites is 2. The summed E-state index contributed by atoms with van der Waals surface area (Å²) in [6.45, 7) is 59.6. The molecule has 0 bridgehead atoms. The first-order valence-electron chi connectivity index (χ1n) is 27.7. The first-order valence-corrected chi connectivity index (χ1v) is 27.7. The number of hydrogen-bond donors (Lipinski definition) is 2. The molecule has 0 unspecified atom stereocenters. The van der Waals surface area contributed by atoms with Crippen molar-refractivity contribution in [3.8, 4) is 11.5 Å². The summed E-state index contributed by atoms with van der Waals surface area (Å²) in [4.78, 5) is 0. The minimum absolute atomic E-state index is 0.0167. The molecular weight excluding hydrogens is 936 g/mol. The Morgan fingerprint density at radius 3 is 1.00 bits per heavy atom. The third kappa shape index (κ3) is 31.4. The van der Waals surface area contributed by atoms with Gasteiger partial charge in [-0.05, 0) is 130 Å². The molecule has 14 nitrogen and oxygen atoms in total. The average Bonchev–Trinajstić information content (AvgIpc) is 3.78. The van der Waals surface area contributed by atoms with Gasteiger partial charge in [-0.1, -0.05) is 123 Å². The number of fused-ring (bicyclic) bond motifs is 1. The van der Waals surface area contributed by atoms with E-state index in [0.717, 1.165) is 31.1 Å². The molecule has 0 saturated carbocycles. The molecule has 0 aliphatic carbocycles. The smallest absolute Gasteiger partial charge is 0.523 e. The number of hydrogen-bond acceptors (Lipinski definition) is 14. The van der Waals surface area contributed by atoms with E-state index in [1.54, 1.807) is 28.1 Å². The first-order chi connectivity index (χ1) is 33.6. The highest BCUT2D eigenvalue weighted by atomic mass is 16.7. The van der Waals surface area contributed by atoms with Crippen LogP contribution < -0.4 is 9.31 Å². The minimum Gasteiger partial charge on any atom is -0.523 e. The van der Waals surface area contributed by atoms with Gasteiger partial charge in [0.05, 0.1) is 22.4 Å². The second-order valence-electron chi connectivity index (χ2n) is 25.8. The van der Waals surface area contributed by atoms with E-state index in [4.69, 9.17) is 65.9 Å². The Bertz CT molecular complexity index is 1500. The van der Waals surface area contributed by atoms with Gasteiger partial charge in [0.1, 0.15) is 11.5 Å². The van der Waals surface area contributed by atoms with Crippen LogP contribution in [0.2, 0.25) is 40.7 Å². The van der Waals surface area contributed by atoms with Crippen LogP contribution in [0.4, 0.5) is 0 Å². The Kier molecular flexibility index (Phi) is 35.1. The maximum Gasteiger partial charge on any atom is 0.597 e. The highest BCUT2D eigenvalue weighted by Crippen LogP contribution is 2.40. The lowest BCUT2D eigenvalue weighted by Crippen LogP contribution is -2.52. The van der Waals surface area contributed by atoms with Crippen LogP contribution in [0.3, 0.4) is 0 Å². The van der Waals surface area contributed by atoms with Gasteiger partial charge in [-0.2, -0.15) is 0 Å². The average molecular weight is 1050 g/mol. The monoisotopic (exact) mass is 1050 g/mol. The van der Waals surface area contributed by atoms with Gasteiger partial charge in [-0.15, -0.1) is 0 Å². The molecule has 0 amide bonds. The van der Waals surface area contributed by atoms with E-state index in [1.165, 1.54) is 0 Å². The molecule has 4 heterocycles. The van der Waals surface area contributed by atoms with Gasteiger partial charge >= 0.3 is 49.8 Å². The molecule has 3 fully saturated rings. The summed E-state index contributed by atoms with van der Waals surface area (Å²) in [5.41, 5.74) is -0.275. The molecule has 1 aromatic rings. The lowest BCUT2D eigenvalue weighted by atomic mass is 9.69. The van der Waals surface area contributed by atoms with Crippen molar-refractivity contribution < 1.29 is 65.9 Å². The molecule has 0 radical (unpaired) electrons. The molecule has 4 aliphatic rings. The van der Waals surface area contributed by atoms with Gasteiger partial charge < -0.3 is 65.9 Å². The normalized spacial score (nSPS) is 18.7. The van der Waals surface area contributed by atoms with Gasteiger partial charge in [0.15, 0.2) is 0 Å². The molecule has 1 aromatic carbocycles. The van der Waals surface area contributed by atoms with Crippen molar-refractivity contribution in [1.29, 1.82) is 0 Å². The van der Waals surface area contributed by atoms with Crippen molar-refractivity contribution in [2.24, 2.45) is 5.41 Å². The summed E-state index contributed by atoms with van der Waals surface area (Å²) in [5, 5.41) is 16.4. The minimum atomic E-state index is -1.15. The molecule has 0 atom stereocenters. The second kappa shape index (κ2) is 34.7. The van der Waals surface area contributed by atoms with Crippen LogP contribution >= 0.6 is 0 Å². The Hall–Kier alpha value is -1.21. The van der Waals surface area contributed by atoms with Gasteiger partial charge in [0, 0.05) is 57.3 Å². The Labute approximate surface area is 458 Å². The zero-order valence-corrected chi connectivity index (χ0v) is 53.0. The lowest BCUT2D eigenvalue weighted by molar-refractivity contribution is -0.0791. The predicted octanol–water partition coefficient (Wildman–Crippen LogP) is 13.5. The van der Waals surface area contributed by atoms with Gasteiger partial charge in [0.25, 0.3) is 0 Å². The van der Waals surface area contributed by atoms with Gasteiger partial charge in [-0.3, -0.25) is 0 Å². The van der Waals surface area contributed by atoms with Crippen molar-refractivity contribution in [2.75, 3.05) is 27.4 Å². The molecule has 2 N–H and O–H groups in total. The summed E-state index contributed by atoms with van der Waals surface area (Å²) >= 11 is 0. The van der Waals surface area contributed by atoms with E-state index in [0.29, 0.717) is 34.9 Å². The maximum atomic E-state index is 8.19.